The van der Waals surface area contributed by atoms with Crippen LogP contribution in [0.5, 0.6) is 0 Å². The van der Waals surface area contributed by atoms with Crippen LogP contribution in [0.15, 0.2) is 18.5 Å². The van der Waals surface area contributed by atoms with Gasteiger partial charge in [-0.05, 0) is 19.9 Å². The highest BCUT2D eigenvalue weighted by atomic mass is 19.1. The fraction of sp³-hybridized carbons (Fsp3) is 0.364. The van der Waals surface area contributed by atoms with Crippen molar-refractivity contribution in [2.75, 3.05) is 7.05 Å². The molecule has 0 atom stereocenters. The van der Waals surface area contributed by atoms with E-state index < -0.39 is 23.2 Å². The monoisotopic (exact) mass is 240 g/mol. The maximum atomic E-state index is 12.9. The Labute approximate surface area is 97.9 Å². The summed E-state index contributed by atoms with van der Waals surface area (Å²) in [5.41, 5.74) is -1.36. The van der Waals surface area contributed by atoms with E-state index in [1.807, 2.05) is 0 Å². The van der Waals surface area contributed by atoms with Crippen LogP contribution < -0.4 is 0 Å². The molecule has 92 valence electrons. The van der Waals surface area contributed by atoms with Crippen molar-refractivity contribution in [1.29, 1.82) is 0 Å². The van der Waals surface area contributed by atoms with E-state index in [1.165, 1.54) is 27.1 Å². The average molecular weight is 240 g/mol. The molecule has 0 aromatic carbocycles. The molecule has 0 aliphatic heterocycles. The first-order valence-corrected chi connectivity index (χ1v) is 4.89. The molecule has 1 rings (SSSR count). The number of aliphatic carboxylic acids is 1. The Hall–Kier alpha value is -1.98. The molecular formula is C11H13FN2O3. The lowest BCUT2D eigenvalue weighted by molar-refractivity contribution is -0.147. The highest BCUT2D eigenvalue weighted by Gasteiger charge is 2.35. The lowest BCUT2D eigenvalue weighted by Gasteiger charge is -2.31. The molecule has 1 amide bonds. The van der Waals surface area contributed by atoms with Gasteiger partial charge < -0.3 is 10.0 Å². The van der Waals surface area contributed by atoms with Gasteiger partial charge in [0.15, 0.2) is 0 Å². The zero-order chi connectivity index (χ0) is 13.2. The maximum absolute atomic E-state index is 12.9. The Bertz CT molecular complexity index is 460. The Kier molecular flexibility index (Phi) is 3.45. The Morgan fingerprint density at radius 3 is 2.47 bits per heavy atom. The number of carbonyl (C=O) groups is 2. The summed E-state index contributed by atoms with van der Waals surface area (Å²) >= 11 is 0. The zero-order valence-electron chi connectivity index (χ0n) is 9.77. The first-order valence-electron chi connectivity index (χ1n) is 4.89. The lowest BCUT2D eigenvalue weighted by Crippen LogP contribution is -2.50. The van der Waals surface area contributed by atoms with Gasteiger partial charge in [0.1, 0.15) is 11.4 Å². The van der Waals surface area contributed by atoms with E-state index >= 15 is 0 Å². The first-order chi connectivity index (χ1) is 7.76. The number of likely N-dealkylation sites (N-methyl/N-ethyl adjacent to an activating group) is 1. The van der Waals surface area contributed by atoms with Crippen molar-refractivity contribution in [2.45, 2.75) is 19.4 Å². The third kappa shape index (κ3) is 2.58. The van der Waals surface area contributed by atoms with Crippen molar-refractivity contribution < 1.29 is 19.1 Å². The van der Waals surface area contributed by atoms with Crippen LogP contribution in [0, 0.1) is 5.82 Å². The molecule has 0 spiro atoms. The number of carbonyl (C=O) groups excluding carboxylic acids is 1. The van der Waals surface area contributed by atoms with Gasteiger partial charge in [0.25, 0.3) is 5.91 Å². The van der Waals surface area contributed by atoms with Crippen molar-refractivity contribution in [3.63, 3.8) is 0 Å². The molecule has 17 heavy (non-hydrogen) atoms. The summed E-state index contributed by atoms with van der Waals surface area (Å²) in [6.45, 7) is 2.78. The van der Waals surface area contributed by atoms with Crippen molar-refractivity contribution in [3.05, 3.63) is 29.8 Å². The molecule has 1 heterocycles. The van der Waals surface area contributed by atoms with Crippen molar-refractivity contribution >= 4 is 11.9 Å². The predicted molar refractivity (Wildman–Crippen MR) is 58.0 cm³/mol. The van der Waals surface area contributed by atoms with E-state index in [9.17, 15) is 14.0 Å². The third-order valence-corrected chi connectivity index (χ3v) is 2.62. The Morgan fingerprint density at radius 2 is 2.00 bits per heavy atom. The van der Waals surface area contributed by atoms with E-state index in [4.69, 9.17) is 5.11 Å². The standard InChI is InChI=1S/C11H13FN2O3/c1-11(2,10(16)17)14(3)9(15)7-4-8(12)6-13-5-7/h4-6H,1-3H3,(H,16,17). The molecular weight excluding hydrogens is 227 g/mol. The topological polar surface area (TPSA) is 70.5 Å². The van der Waals surface area contributed by atoms with Crippen LogP contribution in [0.25, 0.3) is 0 Å². The second-order valence-electron chi connectivity index (χ2n) is 4.12. The Morgan fingerprint density at radius 1 is 1.41 bits per heavy atom. The fourth-order valence-corrected chi connectivity index (χ4v) is 1.12. The fourth-order valence-electron chi connectivity index (χ4n) is 1.12. The molecule has 0 aliphatic carbocycles. The number of halogens is 1. The predicted octanol–water partition coefficient (Wildman–Crippen LogP) is 1.16. The molecule has 6 heteroatoms. The van der Waals surface area contributed by atoms with Gasteiger partial charge in [-0.3, -0.25) is 9.78 Å². The second-order valence-corrected chi connectivity index (χ2v) is 4.12. The first kappa shape index (κ1) is 13.1. The molecule has 5 nitrogen and oxygen atoms in total. The number of hydrogen-bond donors (Lipinski definition) is 1. The van der Waals surface area contributed by atoms with E-state index in [1.54, 1.807) is 0 Å². The summed E-state index contributed by atoms with van der Waals surface area (Å²) in [6.07, 6.45) is 2.17. The van der Waals surface area contributed by atoms with Gasteiger partial charge in [-0.1, -0.05) is 0 Å². The summed E-state index contributed by atoms with van der Waals surface area (Å²) in [4.78, 5) is 27.5. The van der Waals surface area contributed by atoms with E-state index in [0.717, 1.165) is 17.2 Å². The minimum atomic E-state index is -1.37. The highest BCUT2D eigenvalue weighted by molar-refractivity contribution is 5.97. The van der Waals surface area contributed by atoms with Crippen molar-refractivity contribution in [1.82, 2.24) is 9.88 Å². The van der Waals surface area contributed by atoms with Crippen LogP contribution in [0.2, 0.25) is 0 Å². The largest absolute Gasteiger partial charge is 0.480 e. The maximum Gasteiger partial charge on any atom is 0.329 e. The van der Waals surface area contributed by atoms with Crippen LogP contribution in [0.1, 0.15) is 24.2 Å². The van der Waals surface area contributed by atoms with Gasteiger partial charge >= 0.3 is 5.97 Å². The number of rotatable bonds is 3. The molecule has 0 bridgehead atoms. The molecule has 0 saturated carbocycles. The highest BCUT2D eigenvalue weighted by Crippen LogP contribution is 2.16. The molecule has 0 aliphatic rings. The number of carboxylic acid groups (broad SMARTS) is 1. The van der Waals surface area contributed by atoms with Crippen molar-refractivity contribution in [3.8, 4) is 0 Å². The van der Waals surface area contributed by atoms with Gasteiger partial charge in [-0.2, -0.15) is 0 Å². The lowest BCUT2D eigenvalue weighted by atomic mass is 10.0. The number of aromatic nitrogens is 1. The molecule has 0 unspecified atom stereocenters. The van der Waals surface area contributed by atoms with Crippen LogP contribution in [0.3, 0.4) is 0 Å². The summed E-state index contributed by atoms with van der Waals surface area (Å²) in [6, 6.07) is 1.02. The quantitative estimate of drug-likeness (QED) is 0.860. The number of nitrogens with zero attached hydrogens (tertiary/aromatic N) is 2. The van der Waals surface area contributed by atoms with Gasteiger partial charge in [-0.25, -0.2) is 9.18 Å². The minimum Gasteiger partial charge on any atom is -0.480 e. The van der Waals surface area contributed by atoms with E-state index in [0.29, 0.717) is 0 Å². The number of pyridine rings is 1. The smallest absolute Gasteiger partial charge is 0.329 e. The molecule has 1 aromatic heterocycles. The van der Waals surface area contributed by atoms with Crippen LogP contribution in [-0.2, 0) is 4.79 Å². The van der Waals surface area contributed by atoms with E-state index in [2.05, 4.69) is 4.98 Å². The minimum absolute atomic E-state index is 0.0156. The molecule has 0 radical (unpaired) electrons. The van der Waals surface area contributed by atoms with Gasteiger partial charge in [0, 0.05) is 13.2 Å². The number of carboxylic acids is 1. The average Bonchev–Trinajstić information content (AvgIpc) is 2.26. The molecule has 1 N–H and O–H groups in total. The number of hydrogen-bond acceptors (Lipinski definition) is 3. The van der Waals surface area contributed by atoms with Crippen LogP contribution >= 0.6 is 0 Å². The molecule has 1 aromatic rings. The van der Waals surface area contributed by atoms with Crippen LogP contribution in [-0.4, -0.2) is 39.5 Å². The Balaban J connectivity index is 3.02. The van der Waals surface area contributed by atoms with Gasteiger partial charge in [0.2, 0.25) is 0 Å². The van der Waals surface area contributed by atoms with Gasteiger partial charge in [-0.15, -0.1) is 0 Å². The number of amides is 1. The molecule has 0 fully saturated rings. The zero-order valence-corrected chi connectivity index (χ0v) is 9.77. The second kappa shape index (κ2) is 4.48. The van der Waals surface area contributed by atoms with Crippen molar-refractivity contribution in [2.24, 2.45) is 0 Å². The van der Waals surface area contributed by atoms with E-state index in [-0.39, 0.29) is 5.56 Å². The van der Waals surface area contributed by atoms with Crippen LogP contribution in [0.4, 0.5) is 4.39 Å². The summed E-state index contributed by atoms with van der Waals surface area (Å²) < 4.78 is 12.9. The molecule has 0 saturated heterocycles. The summed E-state index contributed by atoms with van der Waals surface area (Å²) in [5, 5.41) is 8.98. The third-order valence-electron chi connectivity index (χ3n) is 2.62. The summed E-state index contributed by atoms with van der Waals surface area (Å²) in [5.74, 6) is -2.38. The SMILES string of the molecule is CN(C(=O)c1cncc(F)c1)C(C)(C)C(=O)O. The van der Waals surface area contributed by atoms with Gasteiger partial charge in [0.05, 0.1) is 11.8 Å². The normalized spacial score (nSPS) is 11.1. The summed E-state index contributed by atoms with van der Waals surface area (Å²) in [7, 11) is 1.35.